The molecule has 0 amide bonds. The Balaban J connectivity index is 2.00. The molecule has 0 atom stereocenters. The molecule has 1 saturated heterocycles. The van der Waals surface area contributed by atoms with Crippen molar-refractivity contribution in [3.8, 4) is 0 Å². The third kappa shape index (κ3) is 9.82. The van der Waals surface area contributed by atoms with E-state index in [0.717, 1.165) is 0 Å². The third-order valence-corrected chi connectivity index (χ3v) is 4.91. The van der Waals surface area contributed by atoms with Gasteiger partial charge in [0.1, 0.15) is 0 Å². The van der Waals surface area contributed by atoms with E-state index in [1.54, 1.807) is 0 Å². The van der Waals surface area contributed by atoms with Gasteiger partial charge in [0, 0.05) is 36.1 Å². The molecule has 0 radical (unpaired) electrons. The molecule has 1 aliphatic rings. The van der Waals surface area contributed by atoms with E-state index in [1.807, 2.05) is 0 Å². The van der Waals surface area contributed by atoms with Crippen molar-refractivity contribution in [3.05, 3.63) is 0 Å². The van der Waals surface area contributed by atoms with Crippen LogP contribution in [0.5, 0.6) is 0 Å². The Morgan fingerprint density at radius 2 is 1.00 bits per heavy atom. The molecule has 2 nitrogen and oxygen atoms in total. The summed E-state index contributed by atoms with van der Waals surface area (Å²) < 4.78 is 0. The van der Waals surface area contributed by atoms with Crippen LogP contribution in [0.25, 0.3) is 0 Å². The predicted octanol–water partition coefficient (Wildman–Crippen LogP) is 2.21. The Kier molecular flexibility index (Phi) is 11.1. The summed E-state index contributed by atoms with van der Waals surface area (Å²) in [5, 5.41) is 7.05. The Morgan fingerprint density at radius 3 is 1.50 bits per heavy atom. The summed E-state index contributed by atoms with van der Waals surface area (Å²) in [6.45, 7) is 4.80. The number of nitrogens with one attached hydrogen (secondary N) is 2. The maximum Gasteiger partial charge on any atom is 0.00583 e. The van der Waals surface area contributed by atoms with Crippen molar-refractivity contribution < 1.29 is 0 Å². The monoisotopic (exact) mass is 262 g/mol. The lowest BCUT2D eigenvalue weighted by atomic mass is 10.2. The fourth-order valence-electron chi connectivity index (χ4n) is 1.71. The average molecular weight is 262 g/mol. The first kappa shape index (κ1) is 14.7. The zero-order chi connectivity index (χ0) is 11.3. The molecule has 1 aliphatic heterocycles. The average Bonchev–Trinajstić information content (AvgIpc) is 2.29. The summed E-state index contributed by atoms with van der Waals surface area (Å²) in [7, 11) is 0. The highest BCUT2D eigenvalue weighted by Gasteiger charge is 1.95. The lowest BCUT2D eigenvalue weighted by Gasteiger charge is -2.08. The lowest BCUT2D eigenvalue weighted by molar-refractivity contribution is 0.577. The van der Waals surface area contributed by atoms with E-state index in [0.29, 0.717) is 0 Å². The SMILES string of the molecule is C1CCCNCCSCCSCCNCC1. The second kappa shape index (κ2) is 12.1. The van der Waals surface area contributed by atoms with Gasteiger partial charge < -0.3 is 10.6 Å². The number of hydrogen-bond acceptors (Lipinski definition) is 4. The van der Waals surface area contributed by atoms with Gasteiger partial charge in [-0.1, -0.05) is 12.8 Å². The van der Waals surface area contributed by atoms with Gasteiger partial charge in [0.25, 0.3) is 0 Å². The molecule has 0 aromatic rings. The van der Waals surface area contributed by atoms with Crippen LogP contribution in [-0.2, 0) is 0 Å². The summed E-state index contributed by atoms with van der Waals surface area (Å²) in [6, 6.07) is 0. The Morgan fingerprint density at radius 1 is 0.500 bits per heavy atom. The molecule has 1 rings (SSSR count). The molecule has 0 unspecified atom stereocenters. The second-order valence-electron chi connectivity index (χ2n) is 4.14. The molecular weight excluding hydrogens is 236 g/mol. The highest BCUT2D eigenvalue weighted by atomic mass is 32.2. The minimum Gasteiger partial charge on any atom is -0.316 e. The summed E-state index contributed by atoms with van der Waals surface area (Å²) in [4.78, 5) is 0. The smallest absolute Gasteiger partial charge is 0.00583 e. The van der Waals surface area contributed by atoms with Gasteiger partial charge in [-0.2, -0.15) is 23.5 Å². The van der Waals surface area contributed by atoms with Gasteiger partial charge in [0.05, 0.1) is 0 Å². The van der Waals surface area contributed by atoms with Crippen LogP contribution in [0, 0.1) is 0 Å². The number of rotatable bonds is 0. The molecular formula is C12H26N2S2. The van der Waals surface area contributed by atoms with E-state index in [2.05, 4.69) is 34.2 Å². The number of hydrogen-bond donors (Lipinski definition) is 2. The first-order chi connectivity index (χ1) is 8.00. The van der Waals surface area contributed by atoms with Crippen molar-refractivity contribution in [1.82, 2.24) is 10.6 Å². The Hall–Kier alpha value is 0.620. The van der Waals surface area contributed by atoms with Gasteiger partial charge in [0.2, 0.25) is 0 Å². The van der Waals surface area contributed by atoms with Crippen LogP contribution in [0.2, 0.25) is 0 Å². The van der Waals surface area contributed by atoms with Gasteiger partial charge in [-0.25, -0.2) is 0 Å². The second-order valence-corrected chi connectivity index (χ2v) is 6.59. The zero-order valence-electron chi connectivity index (χ0n) is 10.3. The third-order valence-electron chi connectivity index (χ3n) is 2.68. The van der Waals surface area contributed by atoms with Crippen LogP contribution in [0.1, 0.15) is 25.7 Å². The molecule has 96 valence electrons. The first-order valence-electron chi connectivity index (χ1n) is 6.57. The van der Waals surface area contributed by atoms with E-state index >= 15 is 0 Å². The minimum atomic E-state index is 1.19. The van der Waals surface area contributed by atoms with Crippen molar-refractivity contribution in [2.75, 3.05) is 49.2 Å². The normalized spacial score (nSPS) is 24.0. The highest BCUT2D eigenvalue weighted by molar-refractivity contribution is 8.02. The minimum absolute atomic E-state index is 1.19. The van der Waals surface area contributed by atoms with Gasteiger partial charge in [-0.05, 0) is 25.9 Å². The van der Waals surface area contributed by atoms with Crippen LogP contribution >= 0.6 is 23.5 Å². The maximum absolute atomic E-state index is 3.52. The van der Waals surface area contributed by atoms with Crippen LogP contribution in [-0.4, -0.2) is 49.2 Å². The van der Waals surface area contributed by atoms with Crippen molar-refractivity contribution in [3.63, 3.8) is 0 Å². The van der Waals surface area contributed by atoms with Crippen molar-refractivity contribution in [2.45, 2.75) is 25.7 Å². The van der Waals surface area contributed by atoms with E-state index < -0.39 is 0 Å². The van der Waals surface area contributed by atoms with Gasteiger partial charge >= 0.3 is 0 Å². The van der Waals surface area contributed by atoms with Crippen LogP contribution in [0.15, 0.2) is 0 Å². The van der Waals surface area contributed by atoms with Crippen molar-refractivity contribution in [1.29, 1.82) is 0 Å². The van der Waals surface area contributed by atoms with Gasteiger partial charge in [-0.15, -0.1) is 0 Å². The van der Waals surface area contributed by atoms with E-state index in [4.69, 9.17) is 0 Å². The molecule has 0 spiro atoms. The highest BCUT2D eigenvalue weighted by Crippen LogP contribution is 2.06. The molecule has 1 fully saturated rings. The van der Waals surface area contributed by atoms with Crippen LogP contribution in [0.4, 0.5) is 0 Å². The van der Waals surface area contributed by atoms with Gasteiger partial charge in [0.15, 0.2) is 0 Å². The van der Waals surface area contributed by atoms with Crippen molar-refractivity contribution in [2.24, 2.45) is 0 Å². The predicted molar refractivity (Wildman–Crippen MR) is 78.9 cm³/mol. The fourth-order valence-corrected chi connectivity index (χ4v) is 3.64. The Bertz CT molecular complexity index is 81.0. The van der Waals surface area contributed by atoms with Gasteiger partial charge in [-0.3, -0.25) is 0 Å². The van der Waals surface area contributed by atoms with E-state index in [1.165, 1.54) is 74.9 Å². The van der Waals surface area contributed by atoms with E-state index in [-0.39, 0.29) is 0 Å². The molecule has 0 bridgehead atoms. The summed E-state index contributed by atoms with van der Waals surface area (Å²) >= 11 is 4.17. The Labute approximate surface area is 109 Å². The standard InChI is InChI=1S/C12H26N2S2/c1-2-4-6-14-8-10-16-12-11-15-9-7-13-5-3-1/h13-14H,1-12H2. The molecule has 0 aromatic heterocycles. The molecule has 2 N–H and O–H groups in total. The summed E-state index contributed by atoms with van der Waals surface area (Å²) in [6.07, 6.45) is 5.47. The first-order valence-corrected chi connectivity index (χ1v) is 8.88. The fraction of sp³-hybridized carbons (Fsp3) is 1.00. The van der Waals surface area contributed by atoms with E-state index in [9.17, 15) is 0 Å². The molecule has 1 heterocycles. The molecule has 0 aliphatic carbocycles. The molecule has 0 aromatic carbocycles. The largest absolute Gasteiger partial charge is 0.316 e. The van der Waals surface area contributed by atoms with Crippen LogP contribution < -0.4 is 10.6 Å². The van der Waals surface area contributed by atoms with Crippen molar-refractivity contribution >= 4 is 23.5 Å². The molecule has 16 heavy (non-hydrogen) atoms. The zero-order valence-corrected chi connectivity index (χ0v) is 11.9. The number of thioether (sulfide) groups is 2. The lowest BCUT2D eigenvalue weighted by Crippen LogP contribution is -2.20. The quantitative estimate of drug-likeness (QED) is 0.699. The van der Waals surface area contributed by atoms with Crippen LogP contribution in [0.3, 0.4) is 0 Å². The molecule has 4 heteroatoms. The maximum atomic E-state index is 3.52. The molecule has 0 saturated carbocycles. The summed E-state index contributed by atoms with van der Waals surface area (Å²) in [5.41, 5.74) is 0. The summed E-state index contributed by atoms with van der Waals surface area (Å²) in [5.74, 6) is 5.18. The topological polar surface area (TPSA) is 24.1 Å².